The van der Waals surface area contributed by atoms with Gasteiger partial charge in [0.25, 0.3) is 0 Å². The van der Waals surface area contributed by atoms with Crippen molar-refractivity contribution in [2.24, 2.45) is 0 Å². The van der Waals surface area contributed by atoms with Crippen LogP contribution in [-0.2, 0) is 10.8 Å². The van der Waals surface area contributed by atoms with E-state index in [0.717, 1.165) is 0 Å². The Balaban J connectivity index is 1.44. The molecule has 4 heteroatoms. The summed E-state index contributed by atoms with van der Waals surface area (Å²) >= 11 is 0. The number of benzene rings is 6. The van der Waals surface area contributed by atoms with Crippen molar-refractivity contribution in [2.75, 3.05) is 19.6 Å². The smallest absolute Gasteiger partial charge is 0.151 e. The molecule has 2 aliphatic rings. The van der Waals surface area contributed by atoms with Crippen molar-refractivity contribution in [3.63, 3.8) is 0 Å². The van der Waals surface area contributed by atoms with E-state index in [4.69, 9.17) is 0 Å². The molecule has 2 heterocycles. The van der Waals surface area contributed by atoms with Gasteiger partial charge in [-0.3, -0.25) is 0 Å². The van der Waals surface area contributed by atoms with Gasteiger partial charge >= 0.3 is 0 Å². The fraction of sp³-hybridized carbons (Fsp3) is 0.280. The summed E-state index contributed by atoms with van der Waals surface area (Å²) in [6, 6.07) is 50.7. The first kappa shape index (κ1) is 35.5. The van der Waals surface area contributed by atoms with E-state index < -0.39 is 0 Å². The highest BCUT2D eigenvalue weighted by Crippen LogP contribution is 2.56. The summed E-state index contributed by atoms with van der Waals surface area (Å²) in [7, 11) is 0. The van der Waals surface area contributed by atoms with E-state index in [1.54, 1.807) is 0 Å². The lowest BCUT2D eigenvalue weighted by Crippen LogP contribution is -2.58. The largest absolute Gasteiger partial charge is 0.314 e. The molecule has 54 heavy (non-hydrogen) atoms. The number of anilines is 8. The normalized spacial score (nSPS) is 16.9. The van der Waals surface area contributed by atoms with Gasteiger partial charge in [0.05, 0.1) is 22.7 Å². The van der Waals surface area contributed by atoms with Crippen LogP contribution >= 0.6 is 0 Å². The van der Waals surface area contributed by atoms with Crippen LogP contribution in [0, 0.1) is 27.7 Å². The average molecular weight is 711 g/mol. The van der Waals surface area contributed by atoms with Gasteiger partial charge in [0, 0.05) is 22.7 Å². The van der Waals surface area contributed by atoms with Crippen molar-refractivity contribution in [3.05, 3.63) is 167 Å². The Kier molecular flexibility index (Phi) is 8.64. The molecule has 0 fully saturated rings. The maximum Gasteiger partial charge on any atom is 0.151 e. The SMILES string of the molecule is Cc1ccc(N2c3ccc(C)cc3N(c3ccc(C(C)(C)C)cc3)C2C2N(c3ccc(C(C)(C)C)cc3)c3ccc(C)cc3N2c2ccc(C)cc2)cc1. The third-order valence-electron chi connectivity index (χ3n) is 11.3. The highest BCUT2D eigenvalue weighted by atomic mass is 15.5. The molecule has 6 aromatic rings. The zero-order chi connectivity index (χ0) is 38.1. The molecular weight excluding hydrogens is 657 g/mol. The average Bonchev–Trinajstić information content (AvgIpc) is 3.63. The van der Waals surface area contributed by atoms with Gasteiger partial charge in [-0.2, -0.15) is 0 Å². The Labute approximate surface area is 323 Å². The second-order valence-electron chi connectivity index (χ2n) is 17.6. The molecule has 4 nitrogen and oxygen atoms in total. The van der Waals surface area contributed by atoms with Crippen molar-refractivity contribution in [3.8, 4) is 0 Å². The number of fused-ring (bicyclic) bond motifs is 2. The minimum Gasteiger partial charge on any atom is -0.314 e. The van der Waals surface area contributed by atoms with Crippen LogP contribution in [0.15, 0.2) is 133 Å². The number of hydrogen-bond acceptors (Lipinski definition) is 4. The second-order valence-corrected chi connectivity index (χ2v) is 17.6. The van der Waals surface area contributed by atoms with Crippen LogP contribution in [0.3, 0.4) is 0 Å². The summed E-state index contributed by atoms with van der Waals surface area (Å²) in [5.74, 6) is 0. The van der Waals surface area contributed by atoms with E-state index in [9.17, 15) is 0 Å². The fourth-order valence-electron chi connectivity index (χ4n) is 8.22. The van der Waals surface area contributed by atoms with Crippen LogP contribution < -0.4 is 19.6 Å². The van der Waals surface area contributed by atoms with E-state index >= 15 is 0 Å². The fourth-order valence-corrected chi connectivity index (χ4v) is 8.22. The van der Waals surface area contributed by atoms with Crippen LogP contribution in [0.1, 0.15) is 74.9 Å². The standard InChI is InChI=1S/C50H54N4/c1-33-11-21-39(22-12-33)51-43-29-15-36(4)32-46(43)54(42-27-19-38(20-28-42)50(8,9)10)47(51)48-52(41-25-17-37(18-26-41)49(5,6)7)44-30-16-35(3)31-45(44)53(48)40-23-13-34(2)14-24-40/h11-32,47-48H,1-10H3. The lowest BCUT2D eigenvalue weighted by molar-refractivity contribution is 0.549. The Morgan fingerprint density at radius 3 is 0.870 bits per heavy atom. The highest BCUT2D eigenvalue weighted by Gasteiger charge is 2.51. The summed E-state index contributed by atoms with van der Waals surface area (Å²) < 4.78 is 0. The number of rotatable bonds is 5. The number of aryl methyl sites for hydroxylation is 4. The van der Waals surface area contributed by atoms with Crippen molar-refractivity contribution in [2.45, 2.75) is 92.4 Å². The third-order valence-corrected chi connectivity index (χ3v) is 11.3. The van der Waals surface area contributed by atoms with Gasteiger partial charge in [0.1, 0.15) is 0 Å². The van der Waals surface area contributed by atoms with E-state index in [0.29, 0.717) is 0 Å². The zero-order valence-corrected chi connectivity index (χ0v) is 33.6. The predicted molar refractivity (Wildman–Crippen MR) is 231 cm³/mol. The Bertz CT molecular complexity index is 2290. The van der Waals surface area contributed by atoms with E-state index in [1.165, 1.54) is 78.9 Å². The van der Waals surface area contributed by atoms with Gasteiger partial charge < -0.3 is 19.6 Å². The first-order valence-corrected chi connectivity index (χ1v) is 19.4. The lowest BCUT2D eigenvalue weighted by Gasteiger charge is -2.44. The molecule has 6 aromatic carbocycles. The topological polar surface area (TPSA) is 13.0 Å². The first-order chi connectivity index (χ1) is 25.7. The molecule has 0 spiro atoms. The van der Waals surface area contributed by atoms with Gasteiger partial charge in [-0.1, -0.05) is 113 Å². The molecule has 274 valence electrons. The Hall–Kier alpha value is -5.48. The molecule has 0 bridgehead atoms. The summed E-state index contributed by atoms with van der Waals surface area (Å²) in [6.45, 7) is 22.5. The summed E-state index contributed by atoms with van der Waals surface area (Å²) in [5.41, 5.74) is 17.2. The summed E-state index contributed by atoms with van der Waals surface area (Å²) in [4.78, 5) is 10.4. The molecule has 2 aliphatic heterocycles. The van der Waals surface area contributed by atoms with Gasteiger partial charge in [-0.05, 0) is 134 Å². The summed E-state index contributed by atoms with van der Waals surface area (Å²) in [5, 5.41) is 0. The second kappa shape index (κ2) is 13.1. The maximum absolute atomic E-state index is 2.61. The van der Waals surface area contributed by atoms with E-state index in [2.05, 4.69) is 222 Å². The molecule has 0 saturated heterocycles. The Morgan fingerprint density at radius 1 is 0.315 bits per heavy atom. The molecule has 0 amide bonds. The van der Waals surface area contributed by atoms with Crippen molar-refractivity contribution < 1.29 is 0 Å². The van der Waals surface area contributed by atoms with Gasteiger partial charge in [-0.15, -0.1) is 0 Å². The third kappa shape index (κ3) is 6.22. The lowest BCUT2D eigenvalue weighted by atomic mass is 9.87. The molecule has 2 unspecified atom stereocenters. The van der Waals surface area contributed by atoms with Crippen molar-refractivity contribution in [1.29, 1.82) is 0 Å². The van der Waals surface area contributed by atoms with Gasteiger partial charge in [-0.25, -0.2) is 0 Å². The molecule has 2 atom stereocenters. The number of hydrogen-bond donors (Lipinski definition) is 0. The Morgan fingerprint density at radius 2 is 0.574 bits per heavy atom. The molecule has 0 aliphatic carbocycles. The van der Waals surface area contributed by atoms with Crippen LogP contribution in [0.5, 0.6) is 0 Å². The molecular formula is C50H54N4. The van der Waals surface area contributed by atoms with Crippen molar-refractivity contribution >= 4 is 45.5 Å². The monoisotopic (exact) mass is 710 g/mol. The van der Waals surface area contributed by atoms with E-state index in [1.807, 2.05) is 0 Å². The van der Waals surface area contributed by atoms with E-state index in [-0.39, 0.29) is 23.2 Å². The molecule has 8 rings (SSSR count). The zero-order valence-electron chi connectivity index (χ0n) is 33.6. The molecule has 0 saturated carbocycles. The van der Waals surface area contributed by atoms with Gasteiger partial charge in [0.2, 0.25) is 0 Å². The molecule has 0 radical (unpaired) electrons. The van der Waals surface area contributed by atoms with Crippen molar-refractivity contribution in [1.82, 2.24) is 0 Å². The van der Waals surface area contributed by atoms with Crippen LogP contribution in [0.2, 0.25) is 0 Å². The van der Waals surface area contributed by atoms with Crippen LogP contribution in [0.4, 0.5) is 45.5 Å². The quantitative estimate of drug-likeness (QED) is 0.177. The molecule has 0 aromatic heterocycles. The maximum atomic E-state index is 2.61. The van der Waals surface area contributed by atoms with Crippen LogP contribution in [0.25, 0.3) is 0 Å². The van der Waals surface area contributed by atoms with Gasteiger partial charge in [0.15, 0.2) is 12.3 Å². The van der Waals surface area contributed by atoms with Crippen LogP contribution in [-0.4, -0.2) is 12.3 Å². The first-order valence-electron chi connectivity index (χ1n) is 19.4. The molecule has 0 N–H and O–H groups in total. The predicted octanol–water partition coefficient (Wildman–Crippen LogP) is 13.4. The highest BCUT2D eigenvalue weighted by molar-refractivity contribution is 5.94. The minimum absolute atomic E-state index is 0.0502. The summed E-state index contributed by atoms with van der Waals surface area (Å²) in [6.07, 6.45) is -0.359. The number of nitrogens with zero attached hydrogens (tertiary/aromatic N) is 4. The minimum atomic E-state index is -0.179.